The summed E-state index contributed by atoms with van der Waals surface area (Å²) in [6.45, 7) is 4.58. The average Bonchev–Trinajstić information content (AvgIpc) is 3.12. The molecule has 0 unspecified atom stereocenters. The molecule has 27 heavy (non-hydrogen) atoms. The van der Waals surface area contributed by atoms with Gasteiger partial charge in [-0.15, -0.1) is 0 Å². The number of hydrogen-bond donors (Lipinski definition) is 0. The maximum atomic E-state index is 12.4. The first kappa shape index (κ1) is 19.0. The third-order valence-corrected chi connectivity index (χ3v) is 4.72. The minimum Gasteiger partial charge on any atom is -0.484 e. The van der Waals surface area contributed by atoms with Crippen molar-refractivity contribution >= 4 is 23.6 Å². The Hall–Kier alpha value is -2.77. The molecule has 0 N–H and O–H groups in total. The minimum atomic E-state index is -0.339. The van der Waals surface area contributed by atoms with E-state index in [2.05, 4.69) is 0 Å². The SMILES string of the molecule is CCOC(=O)N1CCN(C(=O)COc2cccc(N3CCCC3=O)c2)CC1. The van der Waals surface area contributed by atoms with Gasteiger partial charge in [0.1, 0.15) is 5.75 Å². The Morgan fingerprint density at radius 1 is 1.07 bits per heavy atom. The van der Waals surface area contributed by atoms with E-state index >= 15 is 0 Å². The Balaban J connectivity index is 1.48. The summed E-state index contributed by atoms with van der Waals surface area (Å²) in [7, 11) is 0. The molecule has 1 aromatic carbocycles. The highest BCUT2D eigenvalue weighted by Crippen LogP contribution is 2.25. The van der Waals surface area contributed by atoms with Gasteiger partial charge in [0.05, 0.1) is 6.61 Å². The lowest BCUT2D eigenvalue weighted by molar-refractivity contribution is -0.135. The number of carbonyl (C=O) groups excluding carboxylic acids is 3. The molecule has 2 aliphatic rings. The molecule has 3 amide bonds. The molecule has 0 saturated carbocycles. The van der Waals surface area contributed by atoms with Crippen LogP contribution < -0.4 is 9.64 Å². The van der Waals surface area contributed by atoms with E-state index in [4.69, 9.17) is 9.47 Å². The fourth-order valence-corrected chi connectivity index (χ4v) is 3.25. The smallest absolute Gasteiger partial charge is 0.409 e. The van der Waals surface area contributed by atoms with Gasteiger partial charge < -0.3 is 24.2 Å². The van der Waals surface area contributed by atoms with Gasteiger partial charge in [-0.05, 0) is 25.5 Å². The van der Waals surface area contributed by atoms with Crippen LogP contribution in [0.5, 0.6) is 5.75 Å². The topological polar surface area (TPSA) is 79.4 Å². The van der Waals surface area contributed by atoms with Crippen LogP contribution in [0.2, 0.25) is 0 Å². The average molecular weight is 375 g/mol. The van der Waals surface area contributed by atoms with Gasteiger partial charge in [0, 0.05) is 50.9 Å². The quantitative estimate of drug-likeness (QED) is 0.779. The van der Waals surface area contributed by atoms with E-state index in [1.165, 1.54) is 0 Å². The Bertz CT molecular complexity index is 700. The molecular formula is C19H25N3O5. The second kappa shape index (κ2) is 8.75. The Labute approximate surface area is 158 Å². The molecule has 8 heteroatoms. The second-order valence-corrected chi connectivity index (χ2v) is 6.50. The van der Waals surface area contributed by atoms with Crippen LogP contribution >= 0.6 is 0 Å². The van der Waals surface area contributed by atoms with Crippen molar-refractivity contribution in [1.29, 1.82) is 0 Å². The van der Waals surface area contributed by atoms with Crippen molar-refractivity contribution in [1.82, 2.24) is 9.80 Å². The first-order valence-corrected chi connectivity index (χ1v) is 9.31. The predicted octanol–water partition coefficient (Wildman–Crippen LogP) is 1.49. The van der Waals surface area contributed by atoms with Gasteiger partial charge in [-0.3, -0.25) is 9.59 Å². The number of ether oxygens (including phenoxy) is 2. The van der Waals surface area contributed by atoms with Gasteiger partial charge in [-0.25, -0.2) is 4.79 Å². The molecule has 0 aliphatic carbocycles. The molecule has 2 fully saturated rings. The lowest BCUT2D eigenvalue weighted by Crippen LogP contribution is -2.51. The Kier molecular flexibility index (Phi) is 6.16. The van der Waals surface area contributed by atoms with Crippen LogP contribution in [-0.2, 0) is 14.3 Å². The lowest BCUT2D eigenvalue weighted by atomic mass is 10.2. The van der Waals surface area contributed by atoms with Crippen LogP contribution in [0.4, 0.5) is 10.5 Å². The molecular weight excluding hydrogens is 350 g/mol. The third-order valence-electron chi connectivity index (χ3n) is 4.72. The number of amides is 3. The summed E-state index contributed by atoms with van der Waals surface area (Å²) in [4.78, 5) is 41.0. The van der Waals surface area contributed by atoms with Crippen molar-refractivity contribution in [3.05, 3.63) is 24.3 Å². The highest BCUT2D eigenvalue weighted by molar-refractivity contribution is 5.95. The largest absolute Gasteiger partial charge is 0.484 e. The van der Waals surface area contributed by atoms with E-state index in [9.17, 15) is 14.4 Å². The highest BCUT2D eigenvalue weighted by Gasteiger charge is 2.25. The maximum absolute atomic E-state index is 12.4. The van der Waals surface area contributed by atoms with Crippen LogP contribution in [-0.4, -0.2) is 73.6 Å². The molecule has 2 aliphatic heterocycles. The molecule has 2 heterocycles. The molecule has 146 valence electrons. The summed E-state index contributed by atoms with van der Waals surface area (Å²) < 4.78 is 10.6. The van der Waals surface area contributed by atoms with Crippen LogP contribution in [0, 0.1) is 0 Å². The lowest BCUT2D eigenvalue weighted by Gasteiger charge is -2.34. The van der Waals surface area contributed by atoms with Gasteiger partial charge >= 0.3 is 6.09 Å². The monoisotopic (exact) mass is 375 g/mol. The first-order valence-electron chi connectivity index (χ1n) is 9.31. The summed E-state index contributed by atoms with van der Waals surface area (Å²) >= 11 is 0. The summed E-state index contributed by atoms with van der Waals surface area (Å²) in [6.07, 6.45) is 1.09. The van der Waals surface area contributed by atoms with Crippen molar-refractivity contribution in [2.75, 3.05) is 50.8 Å². The van der Waals surface area contributed by atoms with Gasteiger partial charge in [0.2, 0.25) is 5.91 Å². The van der Waals surface area contributed by atoms with E-state index < -0.39 is 0 Å². The van der Waals surface area contributed by atoms with Crippen LogP contribution in [0.3, 0.4) is 0 Å². The van der Waals surface area contributed by atoms with Crippen molar-refractivity contribution in [2.24, 2.45) is 0 Å². The van der Waals surface area contributed by atoms with Gasteiger partial charge in [-0.1, -0.05) is 6.07 Å². The van der Waals surface area contributed by atoms with E-state index in [1.54, 1.807) is 33.8 Å². The van der Waals surface area contributed by atoms with Crippen LogP contribution in [0.25, 0.3) is 0 Å². The Morgan fingerprint density at radius 3 is 2.48 bits per heavy atom. The molecule has 0 spiro atoms. The van der Waals surface area contributed by atoms with Crippen molar-refractivity contribution in [3.63, 3.8) is 0 Å². The molecule has 3 rings (SSSR count). The third kappa shape index (κ3) is 4.69. The van der Waals surface area contributed by atoms with Crippen molar-refractivity contribution < 1.29 is 23.9 Å². The maximum Gasteiger partial charge on any atom is 0.409 e. The number of carbonyl (C=O) groups is 3. The molecule has 0 bridgehead atoms. The zero-order valence-corrected chi connectivity index (χ0v) is 15.6. The van der Waals surface area contributed by atoms with E-state index in [1.807, 2.05) is 12.1 Å². The molecule has 0 radical (unpaired) electrons. The Morgan fingerprint density at radius 2 is 1.81 bits per heavy atom. The molecule has 8 nitrogen and oxygen atoms in total. The first-order chi connectivity index (χ1) is 13.1. The minimum absolute atomic E-state index is 0.0726. The number of benzene rings is 1. The number of hydrogen-bond acceptors (Lipinski definition) is 5. The summed E-state index contributed by atoms with van der Waals surface area (Å²) in [5.41, 5.74) is 0.797. The number of nitrogens with zero attached hydrogens (tertiary/aromatic N) is 3. The fraction of sp³-hybridized carbons (Fsp3) is 0.526. The van der Waals surface area contributed by atoms with E-state index in [-0.39, 0.29) is 24.5 Å². The summed E-state index contributed by atoms with van der Waals surface area (Å²) in [5.74, 6) is 0.551. The predicted molar refractivity (Wildman–Crippen MR) is 98.7 cm³/mol. The molecule has 0 atom stereocenters. The number of anilines is 1. The fourth-order valence-electron chi connectivity index (χ4n) is 3.25. The van der Waals surface area contributed by atoms with Crippen LogP contribution in [0.15, 0.2) is 24.3 Å². The summed E-state index contributed by atoms with van der Waals surface area (Å²) in [5, 5.41) is 0. The zero-order chi connectivity index (χ0) is 19.2. The second-order valence-electron chi connectivity index (χ2n) is 6.50. The van der Waals surface area contributed by atoms with E-state index in [0.29, 0.717) is 51.5 Å². The number of piperazine rings is 1. The van der Waals surface area contributed by atoms with Crippen molar-refractivity contribution in [2.45, 2.75) is 19.8 Å². The standard InChI is InChI=1S/C19H25N3O5/c1-2-26-19(25)21-11-9-20(10-12-21)18(24)14-27-16-6-3-5-15(13-16)22-8-4-7-17(22)23/h3,5-6,13H,2,4,7-12,14H2,1H3. The van der Waals surface area contributed by atoms with Gasteiger partial charge in [0.15, 0.2) is 6.61 Å². The number of rotatable bonds is 5. The normalized spacial score (nSPS) is 17.2. The molecule has 0 aromatic heterocycles. The van der Waals surface area contributed by atoms with Crippen LogP contribution in [0.1, 0.15) is 19.8 Å². The van der Waals surface area contributed by atoms with Gasteiger partial charge in [-0.2, -0.15) is 0 Å². The van der Waals surface area contributed by atoms with Crippen molar-refractivity contribution in [3.8, 4) is 5.75 Å². The highest BCUT2D eigenvalue weighted by atomic mass is 16.6. The van der Waals surface area contributed by atoms with Gasteiger partial charge in [0.25, 0.3) is 5.91 Å². The summed E-state index contributed by atoms with van der Waals surface area (Å²) in [6, 6.07) is 7.25. The molecule has 1 aromatic rings. The van der Waals surface area contributed by atoms with E-state index in [0.717, 1.165) is 12.1 Å². The molecule has 2 saturated heterocycles. The zero-order valence-electron chi connectivity index (χ0n) is 15.6.